The van der Waals surface area contributed by atoms with E-state index in [0.717, 1.165) is 4.47 Å². The summed E-state index contributed by atoms with van der Waals surface area (Å²) in [6.45, 7) is 0.249. The molecule has 1 amide bonds. The molecule has 0 saturated heterocycles. The minimum atomic E-state index is -0.168. The Morgan fingerprint density at radius 2 is 2.25 bits per heavy atom. The van der Waals surface area contributed by atoms with Crippen LogP contribution in [0.2, 0.25) is 0 Å². The van der Waals surface area contributed by atoms with Crippen LogP contribution < -0.4 is 4.74 Å². The quantitative estimate of drug-likeness (QED) is 0.914. The predicted molar refractivity (Wildman–Crippen MR) is 64.7 cm³/mol. The molecule has 0 aliphatic heterocycles. The first-order chi connectivity index (χ1) is 7.60. The van der Waals surface area contributed by atoms with Crippen molar-refractivity contribution >= 4 is 21.8 Å². The lowest BCUT2D eigenvalue weighted by Crippen LogP contribution is -2.29. The normalized spacial score (nSPS) is 10.0. The molecule has 1 rings (SSSR count). The van der Waals surface area contributed by atoms with Crippen LogP contribution in [-0.2, 0) is 0 Å². The van der Waals surface area contributed by atoms with Gasteiger partial charge in [0, 0.05) is 18.1 Å². The Balaban J connectivity index is 2.98. The Morgan fingerprint density at radius 1 is 1.56 bits per heavy atom. The number of aliphatic hydroxyl groups is 1. The summed E-state index contributed by atoms with van der Waals surface area (Å²) in [5.74, 6) is 0.350. The molecule has 4 nitrogen and oxygen atoms in total. The standard InChI is InChI=1S/C11H14BrNO3/c1-13(5-6-14)11(15)9-4-3-8(12)7-10(9)16-2/h3-4,7,14H,5-6H2,1-2H3. The van der Waals surface area contributed by atoms with E-state index >= 15 is 0 Å². The van der Waals surface area contributed by atoms with Crippen molar-refractivity contribution in [2.45, 2.75) is 0 Å². The van der Waals surface area contributed by atoms with Crippen LogP contribution in [0.1, 0.15) is 10.4 Å². The topological polar surface area (TPSA) is 49.8 Å². The molecule has 0 unspecified atom stereocenters. The molecule has 0 radical (unpaired) electrons. The summed E-state index contributed by atoms with van der Waals surface area (Å²) in [5.41, 5.74) is 0.488. The lowest BCUT2D eigenvalue weighted by molar-refractivity contribution is 0.0763. The summed E-state index contributed by atoms with van der Waals surface area (Å²) < 4.78 is 5.99. The van der Waals surface area contributed by atoms with E-state index in [9.17, 15) is 4.79 Å². The number of carbonyl (C=O) groups excluding carboxylic acids is 1. The molecule has 0 bridgehead atoms. The second-order valence-corrected chi connectivity index (χ2v) is 4.21. The van der Waals surface area contributed by atoms with Crippen molar-refractivity contribution in [2.75, 3.05) is 27.3 Å². The molecular formula is C11H14BrNO3. The third-order valence-corrected chi connectivity index (χ3v) is 2.67. The maximum absolute atomic E-state index is 11.9. The van der Waals surface area contributed by atoms with Crippen molar-refractivity contribution in [2.24, 2.45) is 0 Å². The number of amides is 1. The largest absolute Gasteiger partial charge is 0.496 e. The Bertz CT molecular complexity index is 381. The number of ether oxygens (including phenoxy) is 1. The van der Waals surface area contributed by atoms with Gasteiger partial charge in [0.15, 0.2) is 0 Å². The highest BCUT2D eigenvalue weighted by Gasteiger charge is 2.16. The van der Waals surface area contributed by atoms with E-state index in [1.165, 1.54) is 12.0 Å². The zero-order valence-corrected chi connectivity index (χ0v) is 10.8. The van der Waals surface area contributed by atoms with Gasteiger partial charge in [0.25, 0.3) is 5.91 Å². The molecule has 0 fully saturated rings. The summed E-state index contributed by atoms with van der Waals surface area (Å²) in [5, 5.41) is 8.77. The molecule has 1 aromatic rings. The molecule has 5 heteroatoms. The van der Waals surface area contributed by atoms with Gasteiger partial charge in [-0.25, -0.2) is 0 Å². The molecule has 88 valence electrons. The SMILES string of the molecule is COc1cc(Br)ccc1C(=O)N(C)CCO. The van der Waals surface area contributed by atoms with Crippen molar-refractivity contribution in [1.29, 1.82) is 0 Å². The second-order valence-electron chi connectivity index (χ2n) is 3.29. The third kappa shape index (κ3) is 2.96. The van der Waals surface area contributed by atoms with Crippen molar-refractivity contribution in [3.05, 3.63) is 28.2 Å². The lowest BCUT2D eigenvalue weighted by atomic mass is 10.2. The van der Waals surface area contributed by atoms with Crippen molar-refractivity contribution in [3.63, 3.8) is 0 Å². The van der Waals surface area contributed by atoms with Crippen molar-refractivity contribution in [1.82, 2.24) is 4.90 Å². The summed E-state index contributed by atoms with van der Waals surface area (Å²) in [4.78, 5) is 13.4. The van der Waals surface area contributed by atoms with E-state index in [1.54, 1.807) is 25.2 Å². The molecule has 0 spiro atoms. The van der Waals surface area contributed by atoms with E-state index in [2.05, 4.69) is 15.9 Å². The molecule has 1 aromatic carbocycles. The number of methoxy groups -OCH3 is 1. The van der Waals surface area contributed by atoms with Gasteiger partial charge < -0.3 is 14.7 Å². The van der Waals surface area contributed by atoms with Crippen LogP contribution in [0.3, 0.4) is 0 Å². The maximum Gasteiger partial charge on any atom is 0.257 e. The fourth-order valence-corrected chi connectivity index (χ4v) is 1.64. The van der Waals surface area contributed by atoms with Gasteiger partial charge in [-0.3, -0.25) is 4.79 Å². The average Bonchev–Trinajstić information content (AvgIpc) is 2.28. The van der Waals surface area contributed by atoms with Gasteiger partial charge in [-0.2, -0.15) is 0 Å². The zero-order chi connectivity index (χ0) is 12.1. The minimum absolute atomic E-state index is 0.0545. The van der Waals surface area contributed by atoms with Gasteiger partial charge in [0.1, 0.15) is 5.75 Å². The van der Waals surface area contributed by atoms with Crippen molar-refractivity contribution < 1.29 is 14.6 Å². The molecule has 16 heavy (non-hydrogen) atoms. The molecule has 0 aromatic heterocycles. The minimum Gasteiger partial charge on any atom is -0.496 e. The van der Waals surface area contributed by atoms with Crippen LogP contribution in [0.4, 0.5) is 0 Å². The van der Waals surface area contributed by atoms with Crippen LogP contribution in [0.15, 0.2) is 22.7 Å². The van der Waals surface area contributed by atoms with Crippen LogP contribution in [0.25, 0.3) is 0 Å². The number of halogens is 1. The van der Waals surface area contributed by atoms with Gasteiger partial charge in [0.2, 0.25) is 0 Å². The number of hydrogen-bond donors (Lipinski definition) is 1. The molecule has 0 saturated carbocycles. The van der Waals surface area contributed by atoms with Gasteiger partial charge in [-0.1, -0.05) is 15.9 Å². The molecule has 0 aliphatic rings. The van der Waals surface area contributed by atoms with Gasteiger partial charge >= 0.3 is 0 Å². The van der Waals surface area contributed by atoms with Gasteiger partial charge in [-0.15, -0.1) is 0 Å². The van der Waals surface area contributed by atoms with Crippen LogP contribution in [0.5, 0.6) is 5.75 Å². The predicted octanol–water partition coefficient (Wildman–Crippen LogP) is 1.52. The number of aliphatic hydroxyl groups excluding tert-OH is 1. The zero-order valence-electron chi connectivity index (χ0n) is 9.24. The Labute approximate surface area is 103 Å². The van der Waals surface area contributed by atoms with Crippen LogP contribution in [0, 0.1) is 0 Å². The number of nitrogens with zero attached hydrogens (tertiary/aromatic N) is 1. The first kappa shape index (κ1) is 13.0. The number of benzene rings is 1. The number of hydrogen-bond acceptors (Lipinski definition) is 3. The van der Waals surface area contributed by atoms with E-state index in [-0.39, 0.29) is 12.5 Å². The average molecular weight is 288 g/mol. The lowest BCUT2D eigenvalue weighted by Gasteiger charge is -2.17. The van der Waals surface area contributed by atoms with Gasteiger partial charge in [0.05, 0.1) is 19.3 Å². The van der Waals surface area contributed by atoms with Crippen LogP contribution in [-0.4, -0.2) is 43.2 Å². The Hall–Kier alpha value is -1.07. The Morgan fingerprint density at radius 3 is 2.81 bits per heavy atom. The highest BCUT2D eigenvalue weighted by Crippen LogP contribution is 2.24. The summed E-state index contributed by atoms with van der Waals surface area (Å²) in [6, 6.07) is 5.21. The van der Waals surface area contributed by atoms with E-state index in [0.29, 0.717) is 17.9 Å². The molecule has 0 atom stereocenters. The van der Waals surface area contributed by atoms with E-state index in [1.807, 2.05) is 0 Å². The Kier molecular flexibility index (Phi) is 4.76. The molecule has 0 heterocycles. The van der Waals surface area contributed by atoms with E-state index < -0.39 is 0 Å². The van der Waals surface area contributed by atoms with Crippen molar-refractivity contribution in [3.8, 4) is 5.75 Å². The fraction of sp³-hybridized carbons (Fsp3) is 0.364. The third-order valence-electron chi connectivity index (χ3n) is 2.18. The first-order valence-electron chi connectivity index (χ1n) is 4.80. The molecule has 0 aliphatic carbocycles. The fourth-order valence-electron chi connectivity index (χ4n) is 1.30. The number of carbonyl (C=O) groups is 1. The number of likely N-dealkylation sites (N-methyl/N-ethyl adjacent to an activating group) is 1. The molecule has 1 N–H and O–H groups in total. The number of rotatable bonds is 4. The summed E-state index contributed by atoms with van der Waals surface area (Å²) in [7, 11) is 3.16. The van der Waals surface area contributed by atoms with Crippen LogP contribution >= 0.6 is 15.9 Å². The van der Waals surface area contributed by atoms with Gasteiger partial charge in [-0.05, 0) is 18.2 Å². The summed E-state index contributed by atoms with van der Waals surface area (Å²) >= 11 is 3.31. The maximum atomic E-state index is 11.9. The molecular weight excluding hydrogens is 274 g/mol. The highest BCUT2D eigenvalue weighted by molar-refractivity contribution is 9.10. The highest BCUT2D eigenvalue weighted by atomic mass is 79.9. The first-order valence-corrected chi connectivity index (χ1v) is 5.59. The second kappa shape index (κ2) is 5.86. The summed E-state index contributed by atoms with van der Waals surface area (Å²) in [6.07, 6.45) is 0. The monoisotopic (exact) mass is 287 g/mol. The smallest absolute Gasteiger partial charge is 0.257 e. The van der Waals surface area contributed by atoms with E-state index in [4.69, 9.17) is 9.84 Å².